The molecule has 4 N–H and O–H groups in total. The van der Waals surface area contributed by atoms with Crippen LogP contribution in [0.3, 0.4) is 0 Å². The molecule has 104 valence electrons. The van der Waals surface area contributed by atoms with Gasteiger partial charge in [-0.15, -0.1) is 5.10 Å². The predicted molar refractivity (Wildman–Crippen MR) is 76.2 cm³/mol. The number of aromatic nitrogens is 5. The molecule has 2 heterocycles. The quantitative estimate of drug-likeness (QED) is 0.618. The van der Waals surface area contributed by atoms with Gasteiger partial charge in [-0.05, 0) is 29.5 Å². The third-order valence-corrected chi connectivity index (χ3v) is 2.76. The predicted octanol–water partition coefficient (Wildman–Crippen LogP) is 1.10. The van der Waals surface area contributed by atoms with Gasteiger partial charge in [0.15, 0.2) is 0 Å². The Labute approximate surface area is 119 Å². The van der Waals surface area contributed by atoms with Gasteiger partial charge in [0, 0.05) is 11.3 Å². The number of hydrogen-bond acceptors (Lipinski definition) is 6. The van der Waals surface area contributed by atoms with E-state index in [2.05, 4.69) is 30.9 Å². The molecule has 0 atom stereocenters. The summed E-state index contributed by atoms with van der Waals surface area (Å²) in [5, 5.41) is 15.4. The maximum atomic E-state index is 12.0. The van der Waals surface area contributed by atoms with Crippen LogP contribution >= 0.6 is 0 Å². The number of nitrogen functional groups attached to an aromatic ring is 1. The SMILES string of the molecule is Nc1ccc(-c2cccc(C(=O)Nc3nn[nH]n3)n2)cc1. The monoisotopic (exact) mass is 281 g/mol. The van der Waals surface area contributed by atoms with Crippen LogP contribution in [0.4, 0.5) is 11.6 Å². The molecule has 0 bridgehead atoms. The third kappa shape index (κ3) is 2.84. The van der Waals surface area contributed by atoms with Gasteiger partial charge < -0.3 is 5.73 Å². The van der Waals surface area contributed by atoms with Gasteiger partial charge in [0.05, 0.1) is 5.69 Å². The fraction of sp³-hybridized carbons (Fsp3) is 0. The van der Waals surface area contributed by atoms with Crippen LogP contribution < -0.4 is 11.1 Å². The summed E-state index contributed by atoms with van der Waals surface area (Å²) < 4.78 is 0. The highest BCUT2D eigenvalue weighted by atomic mass is 16.2. The number of carbonyl (C=O) groups excluding carboxylic acids is 1. The zero-order valence-corrected chi connectivity index (χ0v) is 10.8. The van der Waals surface area contributed by atoms with E-state index in [0.29, 0.717) is 11.4 Å². The van der Waals surface area contributed by atoms with Crippen LogP contribution in [0.5, 0.6) is 0 Å². The van der Waals surface area contributed by atoms with Gasteiger partial charge >= 0.3 is 0 Å². The molecule has 21 heavy (non-hydrogen) atoms. The molecule has 0 saturated heterocycles. The van der Waals surface area contributed by atoms with E-state index in [1.54, 1.807) is 24.3 Å². The van der Waals surface area contributed by atoms with Crippen LogP contribution in [-0.4, -0.2) is 31.5 Å². The highest BCUT2D eigenvalue weighted by Crippen LogP contribution is 2.18. The maximum Gasteiger partial charge on any atom is 0.276 e. The molecule has 8 nitrogen and oxygen atoms in total. The van der Waals surface area contributed by atoms with Crippen LogP contribution in [0, 0.1) is 0 Å². The molecule has 8 heteroatoms. The lowest BCUT2D eigenvalue weighted by Gasteiger charge is -2.04. The number of amides is 1. The first-order chi connectivity index (χ1) is 10.2. The third-order valence-electron chi connectivity index (χ3n) is 2.76. The van der Waals surface area contributed by atoms with Gasteiger partial charge in [-0.2, -0.15) is 5.21 Å². The number of nitrogens with two attached hydrogens (primary N) is 1. The Morgan fingerprint density at radius 1 is 1.14 bits per heavy atom. The Balaban J connectivity index is 1.86. The van der Waals surface area contributed by atoms with Gasteiger partial charge in [0.25, 0.3) is 11.9 Å². The fourth-order valence-corrected chi connectivity index (χ4v) is 1.76. The minimum absolute atomic E-state index is 0.0969. The minimum Gasteiger partial charge on any atom is -0.399 e. The van der Waals surface area contributed by atoms with E-state index < -0.39 is 5.91 Å². The first-order valence-electron chi connectivity index (χ1n) is 6.10. The summed E-state index contributed by atoms with van der Waals surface area (Å²) in [6, 6.07) is 12.4. The van der Waals surface area contributed by atoms with Crippen molar-refractivity contribution in [3.63, 3.8) is 0 Å². The smallest absolute Gasteiger partial charge is 0.276 e. The lowest BCUT2D eigenvalue weighted by Crippen LogP contribution is -2.14. The molecule has 0 spiro atoms. The number of benzene rings is 1. The van der Waals surface area contributed by atoms with Gasteiger partial charge in [-0.1, -0.05) is 23.3 Å². The van der Waals surface area contributed by atoms with Crippen molar-refractivity contribution < 1.29 is 4.79 Å². The molecular formula is C13H11N7O. The molecule has 3 aromatic rings. The molecule has 2 aromatic heterocycles. The van der Waals surface area contributed by atoms with Gasteiger partial charge in [-0.3, -0.25) is 10.1 Å². The summed E-state index contributed by atoms with van der Waals surface area (Å²) in [5.41, 5.74) is 8.13. The zero-order valence-electron chi connectivity index (χ0n) is 10.8. The van der Waals surface area contributed by atoms with Crippen LogP contribution in [0.25, 0.3) is 11.3 Å². The minimum atomic E-state index is -0.409. The molecule has 0 aliphatic carbocycles. The number of rotatable bonds is 3. The van der Waals surface area contributed by atoms with E-state index in [9.17, 15) is 4.79 Å². The van der Waals surface area contributed by atoms with E-state index >= 15 is 0 Å². The standard InChI is InChI=1S/C13H11N7O/c14-9-6-4-8(5-7-9)10-2-1-3-11(15-10)12(21)16-13-17-19-20-18-13/h1-7H,14H2,(H2,16,17,18,19,20,21). The summed E-state index contributed by atoms with van der Waals surface area (Å²) in [5.74, 6) is -0.312. The molecule has 0 fully saturated rings. The Morgan fingerprint density at radius 3 is 2.67 bits per heavy atom. The highest BCUT2D eigenvalue weighted by molar-refractivity contribution is 6.02. The number of anilines is 2. The van der Waals surface area contributed by atoms with Crippen molar-refractivity contribution in [3.8, 4) is 11.3 Å². The summed E-state index contributed by atoms with van der Waals surface area (Å²) in [4.78, 5) is 16.3. The number of nitrogens with one attached hydrogen (secondary N) is 2. The van der Waals surface area contributed by atoms with Crippen molar-refractivity contribution >= 4 is 17.5 Å². The van der Waals surface area contributed by atoms with Crippen LogP contribution in [-0.2, 0) is 0 Å². The van der Waals surface area contributed by atoms with E-state index in [0.717, 1.165) is 5.56 Å². The molecular weight excluding hydrogens is 270 g/mol. The van der Waals surface area contributed by atoms with E-state index in [1.807, 2.05) is 18.2 Å². The van der Waals surface area contributed by atoms with Crippen LogP contribution in [0.1, 0.15) is 10.5 Å². The second-order valence-corrected chi connectivity index (χ2v) is 4.22. The van der Waals surface area contributed by atoms with Crippen LogP contribution in [0.2, 0.25) is 0 Å². The van der Waals surface area contributed by atoms with Crippen molar-refractivity contribution in [1.29, 1.82) is 0 Å². The van der Waals surface area contributed by atoms with Crippen molar-refractivity contribution in [2.24, 2.45) is 0 Å². The molecule has 0 aliphatic heterocycles. The van der Waals surface area contributed by atoms with Crippen LogP contribution in [0.15, 0.2) is 42.5 Å². The first kappa shape index (κ1) is 12.7. The van der Waals surface area contributed by atoms with Crippen molar-refractivity contribution in [2.75, 3.05) is 11.1 Å². The number of pyridine rings is 1. The Hall–Kier alpha value is -3.29. The normalized spacial score (nSPS) is 10.3. The molecule has 1 amide bonds. The largest absolute Gasteiger partial charge is 0.399 e. The number of nitrogens with zero attached hydrogens (tertiary/aromatic N) is 4. The van der Waals surface area contributed by atoms with E-state index in [4.69, 9.17) is 5.73 Å². The van der Waals surface area contributed by atoms with Gasteiger partial charge in [0.1, 0.15) is 5.69 Å². The first-order valence-corrected chi connectivity index (χ1v) is 6.10. The zero-order chi connectivity index (χ0) is 14.7. The second kappa shape index (κ2) is 5.37. The number of H-pyrrole nitrogens is 1. The van der Waals surface area contributed by atoms with Crippen molar-refractivity contribution in [1.82, 2.24) is 25.6 Å². The van der Waals surface area contributed by atoms with Crippen molar-refractivity contribution in [2.45, 2.75) is 0 Å². The summed E-state index contributed by atoms with van der Waals surface area (Å²) in [7, 11) is 0. The molecule has 3 rings (SSSR count). The average Bonchev–Trinajstić information content (AvgIpc) is 3.01. The Morgan fingerprint density at radius 2 is 1.95 bits per heavy atom. The van der Waals surface area contributed by atoms with E-state index in [1.165, 1.54) is 0 Å². The number of carbonyl (C=O) groups is 1. The van der Waals surface area contributed by atoms with Gasteiger partial charge in [-0.25, -0.2) is 4.98 Å². The van der Waals surface area contributed by atoms with Crippen molar-refractivity contribution in [3.05, 3.63) is 48.2 Å². The summed E-state index contributed by atoms with van der Waals surface area (Å²) in [6.45, 7) is 0. The molecule has 0 aliphatic rings. The number of tetrazole rings is 1. The molecule has 0 saturated carbocycles. The molecule has 0 radical (unpaired) electrons. The molecule has 0 unspecified atom stereocenters. The average molecular weight is 281 g/mol. The fourth-order valence-electron chi connectivity index (χ4n) is 1.76. The van der Waals surface area contributed by atoms with E-state index in [-0.39, 0.29) is 11.6 Å². The highest BCUT2D eigenvalue weighted by Gasteiger charge is 2.11. The second-order valence-electron chi connectivity index (χ2n) is 4.22. The lowest BCUT2D eigenvalue weighted by atomic mass is 10.1. The number of hydrogen-bond donors (Lipinski definition) is 3. The lowest BCUT2D eigenvalue weighted by molar-refractivity contribution is 0.102. The Kier molecular flexibility index (Phi) is 3.26. The maximum absolute atomic E-state index is 12.0. The summed E-state index contributed by atoms with van der Waals surface area (Å²) >= 11 is 0. The summed E-state index contributed by atoms with van der Waals surface area (Å²) in [6.07, 6.45) is 0. The topological polar surface area (TPSA) is 122 Å². The number of aromatic amines is 1. The van der Waals surface area contributed by atoms with Gasteiger partial charge in [0.2, 0.25) is 0 Å². The molecule has 1 aromatic carbocycles. The Bertz CT molecular complexity index is 752.